The minimum atomic E-state index is -1.30. The molecule has 160 valence electrons. The predicted octanol–water partition coefficient (Wildman–Crippen LogP) is 3.45. The number of para-hydroxylation sites is 1. The molecule has 0 aliphatic carbocycles. The number of amides is 1. The molecule has 0 fully saturated rings. The molecule has 1 aromatic heterocycles. The molecule has 1 atom stereocenters. The fraction of sp³-hybridized carbons (Fsp3) is 0.208. The maximum Gasteiger partial charge on any atom is 0.340 e. The zero-order chi connectivity index (χ0) is 22.4. The summed E-state index contributed by atoms with van der Waals surface area (Å²) in [6.07, 6.45) is 0.212. The van der Waals surface area contributed by atoms with Gasteiger partial charge in [0.2, 0.25) is 0 Å². The first-order valence-corrected chi connectivity index (χ1v) is 9.95. The number of aryl methyl sites for hydroxylation is 1. The summed E-state index contributed by atoms with van der Waals surface area (Å²) >= 11 is 0. The van der Waals surface area contributed by atoms with Gasteiger partial charge >= 0.3 is 5.97 Å². The normalized spacial score (nSPS) is 12.0. The highest BCUT2D eigenvalue weighted by Gasteiger charge is 2.18. The van der Waals surface area contributed by atoms with Crippen molar-refractivity contribution in [3.05, 3.63) is 88.7 Å². The zero-order valence-corrected chi connectivity index (χ0v) is 17.7. The lowest BCUT2D eigenvalue weighted by molar-refractivity contribution is -0.129. The van der Waals surface area contributed by atoms with Crippen LogP contribution < -0.4 is 5.43 Å². The van der Waals surface area contributed by atoms with Crippen molar-refractivity contribution in [3.63, 3.8) is 0 Å². The fourth-order valence-corrected chi connectivity index (χ4v) is 3.35. The Morgan fingerprint density at radius 2 is 1.81 bits per heavy atom. The van der Waals surface area contributed by atoms with Crippen LogP contribution in [0.15, 0.2) is 65.8 Å². The van der Waals surface area contributed by atoms with Gasteiger partial charge in [0.1, 0.15) is 0 Å². The summed E-state index contributed by atoms with van der Waals surface area (Å²) in [4.78, 5) is 24.5. The van der Waals surface area contributed by atoms with Crippen LogP contribution in [0.25, 0.3) is 5.69 Å². The Hall–Kier alpha value is -3.71. The van der Waals surface area contributed by atoms with Gasteiger partial charge in [-0.2, -0.15) is 5.10 Å². The summed E-state index contributed by atoms with van der Waals surface area (Å²) in [5.74, 6) is -1.01. The Bertz CT molecular complexity index is 1100. The van der Waals surface area contributed by atoms with E-state index in [1.165, 1.54) is 6.21 Å². The van der Waals surface area contributed by atoms with Gasteiger partial charge in [-0.25, -0.2) is 10.2 Å². The molecule has 0 radical (unpaired) electrons. The molecule has 0 bridgehead atoms. The van der Waals surface area contributed by atoms with E-state index in [4.69, 9.17) is 4.74 Å². The molecule has 2 aromatic carbocycles. The zero-order valence-electron chi connectivity index (χ0n) is 17.7. The molecule has 31 heavy (non-hydrogen) atoms. The number of rotatable bonds is 7. The van der Waals surface area contributed by atoms with Crippen molar-refractivity contribution >= 4 is 18.1 Å². The summed E-state index contributed by atoms with van der Waals surface area (Å²) in [5.41, 5.74) is 6.54. The standard InChI is InChI=1S/C24H25N3O4/c1-4-31-24(30)20-12-8-9-13-21(20)27-16(2)14-19(17(27)3)15-25-26-23(29)22(28)18-10-6-5-7-11-18/h5-15,22,28H,4H2,1-3H3,(H,26,29)/b25-15-/t22-/m0/s1. The van der Waals surface area contributed by atoms with Gasteiger partial charge < -0.3 is 14.4 Å². The van der Waals surface area contributed by atoms with E-state index < -0.39 is 12.0 Å². The molecule has 0 saturated heterocycles. The SMILES string of the molecule is CCOC(=O)c1ccccc1-n1c(C)cc(/C=N\NC(=O)[C@@H](O)c2ccccc2)c1C. The number of hydrogen-bond donors (Lipinski definition) is 2. The largest absolute Gasteiger partial charge is 0.462 e. The summed E-state index contributed by atoms with van der Waals surface area (Å²) in [6, 6.07) is 17.8. The highest BCUT2D eigenvalue weighted by Crippen LogP contribution is 2.23. The number of hydrazone groups is 1. The van der Waals surface area contributed by atoms with Crippen molar-refractivity contribution in [1.29, 1.82) is 0 Å². The second kappa shape index (κ2) is 9.86. The van der Waals surface area contributed by atoms with Crippen LogP contribution in [0.1, 0.15) is 45.9 Å². The van der Waals surface area contributed by atoms with E-state index in [0.29, 0.717) is 23.4 Å². The molecular weight excluding hydrogens is 394 g/mol. The Kier molecular flexibility index (Phi) is 6.99. The lowest BCUT2D eigenvalue weighted by Crippen LogP contribution is -2.25. The Labute approximate surface area is 181 Å². The van der Waals surface area contributed by atoms with Gasteiger partial charge in [-0.1, -0.05) is 42.5 Å². The molecular formula is C24H25N3O4. The molecule has 0 unspecified atom stereocenters. The van der Waals surface area contributed by atoms with E-state index in [2.05, 4.69) is 10.5 Å². The third kappa shape index (κ3) is 4.90. The third-order valence-corrected chi connectivity index (χ3v) is 4.85. The molecule has 7 heteroatoms. The van der Waals surface area contributed by atoms with Crippen molar-refractivity contribution in [2.75, 3.05) is 6.61 Å². The maximum atomic E-state index is 12.4. The maximum absolute atomic E-state index is 12.4. The van der Waals surface area contributed by atoms with Crippen LogP contribution in [0.5, 0.6) is 0 Å². The Balaban J connectivity index is 1.81. The number of esters is 1. The number of ether oxygens (including phenoxy) is 1. The molecule has 7 nitrogen and oxygen atoms in total. The third-order valence-electron chi connectivity index (χ3n) is 4.85. The number of benzene rings is 2. The molecule has 1 amide bonds. The van der Waals surface area contributed by atoms with E-state index in [1.54, 1.807) is 43.3 Å². The van der Waals surface area contributed by atoms with E-state index >= 15 is 0 Å². The Morgan fingerprint density at radius 3 is 2.52 bits per heavy atom. The fourth-order valence-electron chi connectivity index (χ4n) is 3.35. The van der Waals surface area contributed by atoms with Crippen molar-refractivity contribution < 1.29 is 19.4 Å². The summed E-state index contributed by atoms with van der Waals surface area (Å²) in [7, 11) is 0. The average molecular weight is 419 g/mol. The molecule has 3 rings (SSSR count). The van der Waals surface area contributed by atoms with Crippen LogP contribution in [0.3, 0.4) is 0 Å². The minimum Gasteiger partial charge on any atom is -0.462 e. The minimum absolute atomic E-state index is 0.295. The van der Waals surface area contributed by atoms with Crippen LogP contribution in [-0.2, 0) is 9.53 Å². The number of nitrogens with zero attached hydrogens (tertiary/aromatic N) is 2. The van der Waals surface area contributed by atoms with Crippen LogP contribution in [0.2, 0.25) is 0 Å². The van der Waals surface area contributed by atoms with Gasteiger partial charge in [-0.15, -0.1) is 0 Å². The first kappa shape index (κ1) is 22.0. The van der Waals surface area contributed by atoms with E-state index in [0.717, 1.165) is 17.0 Å². The van der Waals surface area contributed by atoms with Crippen molar-refractivity contribution in [2.45, 2.75) is 26.9 Å². The van der Waals surface area contributed by atoms with Crippen molar-refractivity contribution in [3.8, 4) is 5.69 Å². The van der Waals surface area contributed by atoms with Gasteiger partial charge in [0, 0.05) is 17.0 Å². The quantitative estimate of drug-likeness (QED) is 0.348. The van der Waals surface area contributed by atoms with Gasteiger partial charge in [0.25, 0.3) is 5.91 Å². The van der Waals surface area contributed by atoms with E-state index in [9.17, 15) is 14.7 Å². The van der Waals surface area contributed by atoms with Crippen molar-refractivity contribution in [1.82, 2.24) is 9.99 Å². The number of carbonyl (C=O) groups excluding carboxylic acids is 2. The van der Waals surface area contributed by atoms with Gasteiger partial charge in [-0.3, -0.25) is 4.79 Å². The molecule has 0 saturated carbocycles. The smallest absolute Gasteiger partial charge is 0.340 e. The summed E-state index contributed by atoms with van der Waals surface area (Å²) in [5, 5.41) is 14.1. The van der Waals surface area contributed by atoms with Gasteiger partial charge in [-0.05, 0) is 44.5 Å². The summed E-state index contributed by atoms with van der Waals surface area (Å²) < 4.78 is 7.12. The van der Waals surface area contributed by atoms with Crippen LogP contribution in [0.4, 0.5) is 0 Å². The first-order chi connectivity index (χ1) is 14.9. The van der Waals surface area contributed by atoms with E-state index in [1.807, 2.05) is 42.7 Å². The Morgan fingerprint density at radius 1 is 1.13 bits per heavy atom. The van der Waals surface area contributed by atoms with Crippen LogP contribution >= 0.6 is 0 Å². The molecule has 1 heterocycles. The number of aromatic nitrogens is 1. The highest BCUT2D eigenvalue weighted by molar-refractivity contribution is 5.94. The molecule has 0 spiro atoms. The lowest BCUT2D eigenvalue weighted by Gasteiger charge is -2.14. The predicted molar refractivity (Wildman–Crippen MR) is 118 cm³/mol. The number of aliphatic hydroxyl groups excluding tert-OH is 1. The second-order valence-electron chi connectivity index (χ2n) is 6.95. The number of hydrogen-bond acceptors (Lipinski definition) is 5. The van der Waals surface area contributed by atoms with Crippen molar-refractivity contribution in [2.24, 2.45) is 5.10 Å². The average Bonchev–Trinajstić information content (AvgIpc) is 3.06. The number of nitrogens with one attached hydrogen (secondary N) is 1. The highest BCUT2D eigenvalue weighted by atomic mass is 16.5. The lowest BCUT2D eigenvalue weighted by atomic mass is 10.1. The molecule has 0 aliphatic rings. The molecule has 3 aromatic rings. The van der Waals surface area contributed by atoms with Gasteiger partial charge in [0.15, 0.2) is 6.10 Å². The van der Waals surface area contributed by atoms with Crippen LogP contribution in [-0.4, -0.2) is 34.4 Å². The van der Waals surface area contributed by atoms with Crippen LogP contribution in [0, 0.1) is 13.8 Å². The van der Waals surface area contributed by atoms with E-state index in [-0.39, 0.29) is 5.97 Å². The van der Waals surface area contributed by atoms with Gasteiger partial charge in [0.05, 0.1) is 24.1 Å². The topological polar surface area (TPSA) is 92.9 Å². The summed E-state index contributed by atoms with van der Waals surface area (Å²) in [6.45, 7) is 5.88. The number of carbonyl (C=O) groups is 2. The first-order valence-electron chi connectivity index (χ1n) is 9.95. The number of aliphatic hydroxyl groups is 1. The monoisotopic (exact) mass is 419 g/mol. The molecule has 0 aliphatic heterocycles. The second-order valence-corrected chi connectivity index (χ2v) is 6.95. The molecule has 2 N–H and O–H groups in total.